The van der Waals surface area contributed by atoms with Crippen molar-refractivity contribution in [2.75, 3.05) is 17.6 Å². The monoisotopic (exact) mass is 371 g/mol. The van der Waals surface area contributed by atoms with Crippen LogP contribution >= 0.6 is 11.8 Å². The van der Waals surface area contributed by atoms with E-state index < -0.39 is 5.97 Å². The largest absolute Gasteiger partial charge is 0.481 e. The van der Waals surface area contributed by atoms with E-state index >= 15 is 0 Å². The van der Waals surface area contributed by atoms with Crippen LogP contribution in [0.2, 0.25) is 0 Å². The van der Waals surface area contributed by atoms with Crippen LogP contribution in [-0.2, 0) is 4.79 Å². The van der Waals surface area contributed by atoms with Crippen molar-refractivity contribution in [3.05, 3.63) is 29.5 Å². The first-order valence-electron chi connectivity index (χ1n) is 9.38. The molecular weight excluding hydrogens is 346 g/mol. The second-order valence-electron chi connectivity index (χ2n) is 7.49. The molecule has 0 bridgehead atoms. The highest BCUT2D eigenvalue weighted by Crippen LogP contribution is 2.31. The number of aryl methyl sites for hydroxylation is 1. The predicted molar refractivity (Wildman–Crippen MR) is 109 cm³/mol. The van der Waals surface area contributed by atoms with Gasteiger partial charge < -0.3 is 15.4 Å². The Labute approximate surface area is 157 Å². The number of aliphatic carboxylic acids is 1. The maximum absolute atomic E-state index is 10.9. The van der Waals surface area contributed by atoms with E-state index in [1.807, 2.05) is 0 Å². The highest BCUT2D eigenvalue weighted by atomic mass is 32.2. The molecule has 6 heteroatoms. The zero-order valence-electron chi connectivity index (χ0n) is 15.0. The van der Waals surface area contributed by atoms with Gasteiger partial charge in [-0.05, 0) is 49.4 Å². The molecule has 4 rings (SSSR count). The van der Waals surface area contributed by atoms with Crippen molar-refractivity contribution in [3.8, 4) is 0 Å². The van der Waals surface area contributed by atoms with E-state index in [2.05, 4.69) is 40.4 Å². The van der Waals surface area contributed by atoms with Gasteiger partial charge >= 0.3 is 5.97 Å². The van der Waals surface area contributed by atoms with Crippen molar-refractivity contribution in [3.63, 3.8) is 0 Å². The molecule has 0 amide bonds. The fraction of sp³-hybridized carbons (Fsp3) is 0.500. The van der Waals surface area contributed by atoms with Gasteiger partial charge in [-0.25, -0.2) is 0 Å². The second kappa shape index (κ2) is 7.35. The number of carboxylic acid groups (broad SMARTS) is 1. The fourth-order valence-electron chi connectivity index (χ4n) is 3.99. The summed E-state index contributed by atoms with van der Waals surface area (Å²) in [5.74, 6) is 0.737. The maximum atomic E-state index is 10.9. The molecule has 2 aliphatic rings. The number of rotatable bonds is 6. The molecule has 1 aromatic heterocycles. The minimum absolute atomic E-state index is 0.101. The van der Waals surface area contributed by atoms with Crippen molar-refractivity contribution in [1.29, 1.82) is 0 Å². The predicted octanol–water partition coefficient (Wildman–Crippen LogP) is 4.42. The lowest BCUT2D eigenvalue weighted by Gasteiger charge is -2.13. The van der Waals surface area contributed by atoms with Gasteiger partial charge in [-0.1, -0.05) is 12.8 Å². The molecule has 2 heterocycles. The Bertz CT molecular complexity index is 852. The number of hydrogen-bond acceptors (Lipinski definition) is 4. The quantitative estimate of drug-likeness (QED) is 0.703. The van der Waals surface area contributed by atoms with E-state index in [-0.39, 0.29) is 12.5 Å². The molecule has 0 spiro atoms. The van der Waals surface area contributed by atoms with Gasteiger partial charge in [-0.2, -0.15) is 0 Å². The number of carboxylic acids is 1. The minimum atomic E-state index is -0.786. The lowest BCUT2D eigenvalue weighted by atomic mass is 10.1. The Balaban J connectivity index is 1.58. The lowest BCUT2D eigenvalue weighted by molar-refractivity contribution is -0.137. The van der Waals surface area contributed by atoms with Crippen molar-refractivity contribution >= 4 is 39.4 Å². The standard InChI is InChI=1S/C20H25N3O2S/c1-12-6-14-8-17(20-22-15(11-26-20)9-18(24)25)23-19(14)16(7-12)21-10-13-4-2-3-5-13/h6-8,13,15,21,23H,2-5,9-11H2,1H3,(H,24,25)/t15-/m0/s1. The van der Waals surface area contributed by atoms with Gasteiger partial charge in [0.15, 0.2) is 0 Å². The van der Waals surface area contributed by atoms with Gasteiger partial charge in [0.05, 0.1) is 29.4 Å². The van der Waals surface area contributed by atoms with Crippen LogP contribution in [0.5, 0.6) is 0 Å². The number of H-pyrrole nitrogens is 1. The highest BCUT2D eigenvalue weighted by Gasteiger charge is 2.23. The number of nitrogens with zero attached hydrogens (tertiary/aromatic N) is 1. The number of aliphatic imine (C=N–C) groups is 1. The average molecular weight is 372 g/mol. The molecule has 138 valence electrons. The molecule has 26 heavy (non-hydrogen) atoms. The van der Waals surface area contributed by atoms with E-state index in [0.29, 0.717) is 0 Å². The number of aromatic nitrogens is 1. The van der Waals surface area contributed by atoms with E-state index in [1.165, 1.54) is 36.6 Å². The summed E-state index contributed by atoms with van der Waals surface area (Å²) in [5, 5.41) is 14.7. The lowest BCUT2D eigenvalue weighted by Crippen LogP contribution is -2.11. The van der Waals surface area contributed by atoms with Gasteiger partial charge in [-0.15, -0.1) is 11.8 Å². The number of anilines is 1. The van der Waals surface area contributed by atoms with Crippen LogP contribution in [0.3, 0.4) is 0 Å². The summed E-state index contributed by atoms with van der Waals surface area (Å²) < 4.78 is 0. The molecule has 2 aromatic rings. The van der Waals surface area contributed by atoms with E-state index in [0.717, 1.165) is 40.2 Å². The Morgan fingerprint density at radius 2 is 2.15 bits per heavy atom. The number of nitrogens with one attached hydrogen (secondary N) is 2. The van der Waals surface area contributed by atoms with Crippen LogP contribution in [0.25, 0.3) is 10.9 Å². The summed E-state index contributed by atoms with van der Waals surface area (Å²) in [6, 6.07) is 6.40. The summed E-state index contributed by atoms with van der Waals surface area (Å²) in [6.07, 6.45) is 5.48. The SMILES string of the molecule is Cc1cc(NCC2CCCC2)c2[nH]c(C3=N[C@@H](CC(=O)O)CS3)cc2c1. The zero-order chi connectivity index (χ0) is 18.1. The normalized spacial score (nSPS) is 20.7. The number of hydrogen-bond donors (Lipinski definition) is 3. The Kier molecular flexibility index (Phi) is 4.94. The molecule has 0 saturated heterocycles. The summed E-state index contributed by atoms with van der Waals surface area (Å²) in [4.78, 5) is 19.0. The summed E-state index contributed by atoms with van der Waals surface area (Å²) in [6.45, 7) is 3.15. The maximum Gasteiger partial charge on any atom is 0.305 e. The van der Waals surface area contributed by atoms with Gasteiger partial charge in [-0.3, -0.25) is 9.79 Å². The first kappa shape index (κ1) is 17.5. The van der Waals surface area contributed by atoms with E-state index in [4.69, 9.17) is 5.11 Å². The first-order valence-corrected chi connectivity index (χ1v) is 10.4. The minimum Gasteiger partial charge on any atom is -0.481 e. The molecule has 1 aliphatic heterocycles. The number of fused-ring (bicyclic) bond motifs is 1. The fourth-order valence-corrected chi connectivity index (χ4v) is 5.02. The molecular formula is C20H25N3O2S. The highest BCUT2D eigenvalue weighted by molar-refractivity contribution is 8.14. The molecule has 1 aromatic carbocycles. The van der Waals surface area contributed by atoms with Crippen LogP contribution in [0.4, 0.5) is 5.69 Å². The topological polar surface area (TPSA) is 77.5 Å². The van der Waals surface area contributed by atoms with Gasteiger partial charge in [0.2, 0.25) is 0 Å². The van der Waals surface area contributed by atoms with Crippen molar-refractivity contribution in [1.82, 2.24) is 4.98 Å². The van der Waals surface area contributed by atoms with Crippen LogP contribution in [0.15, 0.2) is 23.2 Å². The molecule has 0 unspecified atom stereocenters. The zero-order valence-corrected chi connectivity index (χ0v) is 15.9. The van der Waals surface area contributed by atoms with Crippen molar-refractivity contribution < 1.29 is 9.90 Å². The Hall–Kier alpha value is -1.95. The summed E-state index contributed by atoms with van der Waals surface area (Å²) in [5.41, 5.74) is 4.51. The number of benzene rings is 1. The molecule has 5 nitrogen and oxygen atoms in total. The molecule has 1 atom stereocenters. The third kappa shape index (κ3) is 3.75. The van der Waals surface area contributed by atoms with Crippen molar-refractivity contribution in [2.45, 2.75) is 45.1 Å². The third-order valence-corrected chi connectivity index (χ3v) is 6.43. The van der Waals surface area contributed by atoms with Crippen LogP contribution in [-0.4, -0.2) is 39.4 Å². The van der Waals surface area contributed by atoms with Crippen LogP contribution in [0, 0.1) is 12.8 Å². The second-order valence-corrected chi connectivity index (χ2v) is 8.50. The van der Waals surface area contributed by atoms with Gasteiger partial charge in [0, 0.05) is 17.7 Å². The smallest absolute Gasteiger partial charge is 0.305 e. The summed E-state index contributed by atoms with van der Waals surface area (Å²) in [7, 11) is 0. The van der Waals surface area contributed by atoms with E-state index in [9.17, 15) is 4.79 Å². The third-order valence-electron chi connectivity index (χ3n) is 5.28. The molecule has 1 fully saturated rings. The first-order chi connectivity index (χ1) is 12.6. The molecule has 1 aliphatic carbocycles. The van der Waals surface area contributed by atoms with Crippen LogP contribution in [0.1, 0.15) is 43.4 Å². The molecule has 0 radical (unpaired) electrons. The number of thioether (sulfide) groups is 1. The summed E-state index contributed by atoms with van der Waals surface area (Å²) >= 11 is 1.64. The Morgan fingerprint density at radius 1 is 1.35 bits per heavy atom. The van der Waals surface area contributed by atoms with Gasteiger partial charge in [0.1, 0.15) is 5.04 Å². The number of aromatic amines is 1. The van der Waals surface area contributed by atoms with Crippen molar-refractivity contribution in [2.24, 2.45) is 10.9 Å². The van der Waals surface area contributed by atoms with E-state index in [1.54, 1.807) is 11.8 Å². The molecule has 3 N–H and O–H groups in total. The molecule has 1 saturated carbocycles. The Morgan fingerprint density at radius 3 is 2.92 bits per heavy atom. The van der Waals surface area contributed by atoms with Crippen LogP contribution < -0.4 is 5.32 Å². The average Bonchev–Trinajstić information content (AvgIpc) is 3.31. The van der Waals surface area contributed by atoms with Gasteiger partial charge in [0.25, 0.3) is 0 Å². The number of carbonyl (C=O) groups is 1.